The molecule has 0 atom stereocenters. The van der Waals surface area contributed by atoms with E-state index in [-0.39, 0.29) is 5.91 Å². The van der Waals surface area contributed by atoms with E-state index in [9.17, 15) is 4.79 Å². The van der Waals surface area contributed by atoms with Crippen molar-refractivity contribution in [2.75, 3.05) is 6.54 Å². The van der Waals surface area contributed by atoms with Crippen LogP contribution in [0.25, 0.3) is 10.6 Å². The Balaban J connectivity index is 1.40. The molecule has 2 aromatic heterocycles. The third-order valence-electron chi connectivity index (χ3n) is 3.56. The second-order valence-corrected chi connectivity index (χ2v) is 6.22. The number of nitrogens with one attached hydrogen (secondary N) is 1. The van der Waals surface area contributed by atoms with Crippen LogP contribution in [0.2, 0.25) is 0 Å². The van der Waals surface area contributed by atoms with Gasteiger partial charge in [-0.1, -0.05) is 36.4 Å². The Morgan fingerprint density at radius 3 is 2.78 bits per heavy atom. The van der Waals surface area contributed by atoms with E-state index in [0.717, 1.165) is 17.0 Å². The van der Waals surface area contributed by atoms with Crippen LogP contribution in [0.3, 0.4) is 0 Å². The highest BCUT2D eigenvalue weighted by molar-refractivity contribution is 7.13. The molecule has 3 aromatic rings. The van der Waals surface area contributed by atoms with Gasteiger partial charge in [0.2, 0.25) is 5.91 Å². The number of hydrogen-bond donors (Lipinski definition) is 1. The van der Waals surface area contributed by atoms with Crippen LogP contribution in [0.1, 0.15) is 12.0 Å². The first kappa shape index (κ1) is 15.5. The monoisotopic (exact) mass is 325 g/mol. The smallest absolute Gasteiger partial charge is 0.220 e. The largest absolute Gasteiger partial charge is 0.354 e. The Labute approximate surface area is 139 Å². The number of rotatable bonds is 7. The number of hydrogen-bond acceptors (Lipinski definition) is 3. The van der Waals surface area contributed by atoms with Gasteiger partial charge in [-0.25, -0.2) is 0 Å². The van der Waals surface area contributed by atoms with Gasteiger partial charge in [0.15, 0.2) is 0 Å². The van der Waals surface area contributed by atoms with Gasteiger partial charge >= 0.3 is 0 Å². The van der Waals surface area contributed by atoms with Gasteiger partial charge in [0.05, 0.1) is 11.4 Å². The maximum Gasteiger partial charge on any atom is 0.220 e. The number of benzene rings is 1. The van der Waals surface area contributed by atoms with Crippen molar-refractivity contribution in [1.82, 2.24) is 15.1 Å². The molecule has 3 rings (SSSR count). The maximum atomic E-state index is 11.9. The zero-order chi connectivity index (χ0) is 15.9. The van der Waals surface area contributed by atoms with Crippen molar-refractivity contribution < 1.29 is 4.79 Å². The fourth-order valence-electron chi connectivity index (χ4n) is 2.34. The number of aromatic nitrogens is 2. The van der Waals surface area contributed by atoms with Gasteiger partial charge in [0.1, 0.15) is 5.69 Å². The summed E-state index contributed by atoms with van der Waals surface area (Å²) in [6.45, 7) is 1.28. The SMILES string of the molecule is O=C(CCc1ccccc1)NCCn1ccc(-c2cccs2)n1. The van der Waals surface area contributed by atoms with E-state index >= 15 is 0 Å². The van der Waals surface area contributed by atoms with E-state index in [1.165, 1.54) is 5.56 Å². The predicted octanol–water partition coefficient (Wildman–Crippen LogP) is 3.36. The van der Waals surface area contributed by atoms with Crippen molar-refractivity contribution in [2.24, 2.45) is 0 Å². The fraction of sp³-hybridized carbons (Fsp3) is 0.222. The average Bonchev–Trinajstić information content (AvgIpc) is 3.25. The summed E-state index contributed by atoms with van der Waals surface area (Å²) in [7, 11) is 0. The summed E-state index contributed by atoms with van der Waals surface area (Å²) >= 11 is 1.68. The topological polar surface area (TPSA) is 46.9 Å². The number of carbonyl (C=O) groups excluding carboxylic acids is 1. The van der Waals surface area contributed by atoms with Gasteiger partial charge in [0, 0.05) is 19.2 Å². The van der Waals surface area contributed by atoms with Crippen LogP contribution < -0.4 is 5.32 Å². The highest BCUT2D eigenvalue weighted by atomic mass is 32.1. The molecule has 23 heavy (non-hydrogen) atoms. The Bertz CT molecular complexity index is 735. The molecule has 4 nitrogen and oxygen atoms in total. The Morgan fingerprint density at radius 1 is 1.13 bits per heavy atom. The molecule has 0 aliphatic rings. The lowest BCUT2D eigenvalue weighted by molar-refractivity contribution is -0.121. The van der Waals surface area contributed by atoms with Crippen molar-refractivity contribution in [3.05, 3.63) is 65.7 Å². The molecule has 0 aliphatic heterocycles. The normalized spacial score (nSPS) is 10.6. The lowest BCUT2D eigenvalue weighted by atomic mass is 10.1. The third kappa shape index (κ3) is 4.53. The van der Waals surface area contributed by atoms with Gasteiger partial charge in [-0.2, -0.15) is 5.10 Å². The van der Waals surface area contributed by atoms with Crippen molar-refractivity contribution in [3.8, 4) is 10.6 Å². The Morgan fingerprint density at radius 2 is 2.00 bits per heavy atom. The molecule has 0 bridgehead atoms. The molecule has 0 fully saturated rings. The van der Waals surface area contributed by atoms with Crippen LogP contribution in [0, 0.1) is 0 Å². The van der Waals surface area contributed by atoms with Crippen molar-refractivity contribution in [1.29, 1.82) is 0 Å². The second-order valence-electron chi connectivity index (χ2n) is 5.28. The van der Waals surface area contributed by atoms with Crippen LogP contribution in [-0.4, -0.2) is 22.2 Å². The predicted molar refractivity (Wildman–Crippen MR) is 93.3 cm³/mol. The van der Waals surface area contributed by atoms with E-state index in [4.69, 9.17) is 0 Å². The number of nitrogens with zero attached hydrogens (tertiary/aromatic N) is 2. The molecule has 5 heteroatoms. The van der Waals surface area contributed by atoms with Crippen LogP contribution in [0.4, 0.5) is 0 Å². The quantitative estimate of drug-likeness (QED) is 0.724. The summed E-state index contributed by atoms with van der Waals surface area (Å²) in [5.74, 6) is 0.0829. The fourth-order valence-corrected chi connectivity index (χ4v) is 3.03. The maximum absolute atomic E-state index is 11.9. The van der Waals surface area contributed by atoms with E-state index < -0.39 is 0 Å². The molecule has 1 aromatic carbocycles. The molecule has 2 heterocycles. The van der Waals surface area contributed by atoms with Crippen LogP contribution in [-0.2, 0) is 17.8 Å². The molecule has 118 valence electrons. The van der Waals surface area contributed by atoms with Gasteiger partial charge in [-0.3, -0.25) is 9.48 Å². The molecule has 0 aliphatic carbocycles. The van der Waals surface area contributed by atoms with Gasteiger partial charge in [-0.05, 0) is 29.5 Å². The summed E-state index contributed by atoms with van der Waals surface area (Å²) < 4.78 is 1.87. The zero-order valence-electron chi connectivity index (χ0n) is 12.8. The van der Waals surface area contributed by atoms with E-state index in [0.29, 0.717) is 19.5 Å². The summed E-state index contributed by atoms with van der Waals surface area (Å²) in [5.41, 5.74) is 2.17. The number of amides is 1. The number of carbonyl (C=O) groups is 1. The molecule has 0 unspecified atom stereocenters. The van der Waals surface area contributed by atoms with E-state index in [2.05, 4.69) is 16.5 Å². The molecule has 0 radical (unpaired) electrons. The van der Waals surface area contributed by atoms with Gasteiger partial charge in [0.25, 0.3) is 0 Å². The second kappa shape index (κ2) is 7.74. The van der Waals surface area contributed by atoms with Crippen molar-refractivity contribution in [3.63, 3.8) is 0 Å². The Hall–Kier alpha value is -2.40. The van der Waals surface area contributed by atoms with Crippen LogP contribution in [0.15, 0.2) is 60.1 Å². The molecular weight excluding hydrogens is 306 g/mol. The minimum Gasteiger partial charge on any atom is -0.354 e. The molecule has 0 spiro atoms. The molecular formula is C18H19N3OS. The minimum absolute atomic E-state index is 0.0829. The van der Waals surface area contributed by atoms with Crippen LogP contribution >= 0.6 is 11.3 Å². The van der Waals surface area contributed by atoms with E-state index in [1.54, 1.807) is 11.3 Å². The molecule has 0 saturated carbocycles. The molecule has 0 saturated heterocycles. The van der Waals surface area contributed by atoms with Crippen LogP contribution in [0.5, 0.6) is 0 Å². The summed E-state index contributed by atoms with van der Waals surface area (Å²) in [4.78, 5) is 13.0. The summed E-state index contributed by atoms with van der Waals surface area (Å²) in [5, 5.41) is 9.51. The standard InChI is InChI=1S/C18H19N3OS/c22-18(9-8-15-5-2-1-3-6-15)19-11-13-21-12-10-16(20-21)17-7-4-14-23-17/h1-7,10,12,14H,8-9,11,13H2,(H,19,22). The third-order valence-corrected chi connectivity index (χ3v) is 4.45. The molecule has 1 amide bonds. The van der Waals surface area contributed by atoms with Crippen molar-refractivity contribution >= 4 is 17.2 Å². The Kier molecular flexibility index (Phi) is 5.21. The average molecular weight is 325 g/mol. The zero-order valence-corrected chi connectivity index (χ0v) is 13.6. The highest BCUT2D eigenvalue weighted by Crippen LogP contribution is 2.22. The first-order valence-corrected chi connectivity index (χ1v) is 8.57. The number of aryl methyl sites for hydroxylation is 1. The lowest BCUT2D eigenvalue weighted by Crippen LogP contribution is -2.27. The first-order valence-electron chi connectivity index (χ1n) is 7.69. The summed E-state index contributed by atoms with van der Waals surface area (Å²) in [6, 6.07) is 16.1. The van der Waals surface area contributed by atoms with Gasteiger partial charge < -0.3 is 5.32 Å². The first-order chi connectivity index (χ1) is 11.3. The number of thiophene rings is 1. The van der Waals surface area contributed by atoms with E-state index in [1.807, 2.05) is 58.7 Å². The van der Waals surface area contributed by atoms with Gasteiger partial charge in [-0.15, -0.1) is 11.3 Å². The highest BCUT2D eigenvalue weighted by Gasteiger charge is 2.04. The summed E-state index contributed by atoms with van der Waals surface area (Å²) in [6.07, 6.45) is 3.24. The van der Waals surface area contributed by atoms with Crippen molar-refractivity contribution in [2.45, 2.75) is 19.4 Å². The lowest BCUT2D eigenvalue weighted by Gasteiger charge is -2.05. The minimum atomic E-state index is 0.0829. The molecule has 1 N–H and O–H groups in total.